The normalized spacial score (nSPS) is 9.50. The fourth-order valence-electron chi connectivity index (χ4n) is 0.951. The zero-order valence-electron chi connectivity index (χ0n) is 7.58. The third-order valence-electron chi connectivity index (χ3n) is 1.52. The Kier molecular flexibility index (Phi) is 6.07. The van der Waals surface area contributed by atoms with Crippen molar-refractivity contribution < 1.29 is 9.53 Å². The molecule has 0 fully saturated rings. The second kappa shape index (κ2) is 6.65. The smallest absolute Gasteiger partial charge is 0.309 e. The molecule has 0 unspecified atom stereocenters. The van der Waals surface area contributed by atoms with Crippen LogP contribution in [-0.2, 0) is 9.53 Å². The van der Waals surface area contributed by atoms with E-state index in [-0.39, 0.29) is 11.9 Å². The van der Waals surface area contributed by atoms with Crippen LogP contribution in [0.4, 0.5) is 0 Å². The van der Waals surface area contributed by atoms with Gasteiger partial charge in [-0.2, -0.15) is 0 Å². The number of carbonyl (C=O) groups excluding carboxylic acids is 1. The lowest BCUT2D eigenvalue weighted by molar-refractivity contribution is -0.147. The summed E-state index contributed by atoms with van der Waals surface area (Å²) in [5.74, 6) is -0.253. The predicted molar refractivity (Wildman–Crippen MR) is 49.8 cm³/mol. The molecule has 0 amide bonds. The molecule has 0 bridgehead atoms. The molecule has 0 aliphatic heterocycles. The lowest BCUT2D eigenvalue weighted by atomic mass is 10.0. The maximum atomic E-state index is 11.2. The molecular formula is C10H16O2. The molecule has 0 aromatic carbocycles. The Morgan fingerprint density at radius 3 is 2.25 bits per heavy atom. The summed E-state index contributed by atoms with van der Waals surface area (Å²) in [5, 5.41) is 0. The number of rotatable bonds is 6. The SMILES string of the molecule is C=CCC(CC=C)C(=O)OCC. The molecule has 12 heavy (non-hydrogen) atoms. The molecule has 0 saturated carbocycles. The number of carbonyl (C=O) groups is 1. The zero-order valence-corrected chi connectivity index (χ0v) is 7.58. The second-order valence-electron chi connectivity index (χ2n) is 2.50. The van der Waals surface area contributed by atoms with Crippen LogP contribution < -0.4 is 0 Å². The molecule has 2 heteroatoms. The number of allylic oxidation sites excluding steroid dienone is 2. The van der Waals surface area contributed by atoms with E-state index in [1.54, 1.807) is 19.1 Å². The van der Waals surface area contributed by atoms with Gasteiger partial charge in [-0.1, -0.05) is 12.2 Å². The minimum atomic E-state index is -0.155. The summed E-state index contributed by atoms with van der Waals surface area (Å²) in [6.45, 7) is 9.40. The van der Waals surface area contributed by atoms with Crippen LogP contribution >= 0.6 is 0 Å². The highest BCUT2D eigenvalue weighted by molar-refractivity contribution is 5.72. The summed E-state index contributed by atoms with van der Waals surface area (Å²) in [5.41, 5.74) is 0. The van der Waals surface area contributed by atoms with Gasteiger partial charge in [0.1, 0.15) is 0 Å². The van der Waals surface area contributed by atoms with E-state index in [0.717, 1.165) is 0 Å². The largest absolute Gasteiger partial charge is 0.466 e. The van der Waals surface area contributed by atoms with Crippen molar-refractivity contribution >= 4 is 5.97 Å². The summed E-state index contributed by atoms with van der Waals surface area (Å²) < 4.78 is 4.87. The van der Waals surface area contributed by atoms with Crippen LogP contribution in [0.1, 0.15) is 19.8 Å². The van der Waals surface area contributed by atoms with Crippen molar-refractivity contribution in [1.29, 1.82) is 0 Å². The molecule has 0 aliphatic carbocycles. The van der Waals surface area contributed by atoms with E-state index < -0.39 is 0 Å². The van der Waals surface area contributed by atoms with Crippen LogP contribution in [0.15, 0.2) is 25.3 Å². The third kappa shape index (κ3) is 3.96. The predicted octanol–water partition coefficient (Wildman–Crippen LogP) is 2.32. The Bertz CT molecular complexity index is 151. The number of hydrogen-bond donors (Lipinski definition) is 0. The van der Waals surface area contributed by atoms with Gasteiger partial charge >= 0.3 is 5.97 Å². The summed E-state index contributed by atoms with van der Waals surface area (Å²) in [4.78, 5) is 11.2. The van der Waals surface area contributed by atoms with Gasteiger partial charge in [-0.25, -0.2) is 0 Å². The molecule has 0 N–H and O–H groups in total. The van der Waals surface area contributed by atoms with Crippen LogP contribution in [-0.4, -0.2) is 12.6 Å². The van der Waals surface area contributed by atoms with E-state index in [1.807, 2.05) is 0 Å². The van der Waals surface area contributed by atoms with Crippen molar-refractivity contribution in [3.05, 3.63) is 25.3 Å². The third-order valence-corrected chi connectivity index (χ3v) is 1.52. The Morgan fingerprint density at radius 2 is 1.92 bits per heavy atom. The summed E-state index contributed by atoms with van der Waals surface area (Å²) >= 11 is 0. The molecular weight excluding hydrogens is 152 g/mol. The average molecular weight is 168 g/mol. The van der Waals surface area contributed by atoms with Crippen LogP contribution in [0.25, 0.3) is 0 Å². The van der Waals surface area contributed by atoms with E-state index in [0.29, 0.717) is 19.4 Å². The first-order valence-corrected chi connectivity index (χ1v) is 4.14. The standard InChI is InChI=1S/C10H16O2/c1-4-7-9(8-5-2)10(11)12-6-3/h4-5,9H,1-2,6-8H2,3H3. The van der Waals surface area contributed by atoms with Gasteiger partial charge in [-0.15, -0.1) is 13.2 Å². The maximum Gasteiger partial charge on any atom is 0.309 e. The highest BCUT2D eigenvalue weighted by Crippen LogP contribution is 2.11. The van der Waals surface area contributed by atoms with E-state index in [1.165, 1.54) is 0 Å². The first-order chi connectivity index (χ1) is 5.76. The molecule has 0 aromatic rings. The fourth-order valence-corrected chi connectivity index (χ4v) is 0.951. The Morgan fingerprint density at radius 1 is 1.42 bits per heavy atom. The number of hydrogen-bond acceptors (Lipinski definition) is 2. The Labute approximate surface area is 73.9 Å². The van der Waals surface area contributed by atoms with Crippen LogP contribution in [0.3, 0.4) is 0 Å². The van der Waals surface area contributed by atoms with Crippen LogP contribution in [0.2, 0.25) is 0 Å². The molecule has 0 radical (unpaired) electrons. The average Bonchev–Trinajstić information content (AvgIpc) is 2.04. The minimum Gasteiger partial charge on any atom is -0.466 e. The van der Waals surface area contributed by atoms with Crippen molar-refractivity contribution in [2.75, 3.05) is 6.61 Å². The lowest BCUT2D eigenvalue weighted by Crippen LogP contribution is -2.16. The van der Waals surface area contributed by atoms with Gasteiger partial charge < -0.3 is 4.74 Å². The molecule has 0 saturated heterocycles. The Hall–Kier alpha value is -1.05. The minimum absolute atomic E-state index is 0.0973. The van der Waals surface area contributed by atoms with Crippen molar-refractivity contribution in [3.63, 3.8) is 0 Å². The fraction of sp³-hybridized carbons (Fsp3) is 0.500. The number of esters is 1. The zero-order chi connectivity index (χ0) is 9.40. The van der Waals surface area contributed by atoms with Gasteiger partial charge in [0.2, 0.25) is 0 Å². The van der Waals surface area contributed by atoms with Gasteiger partial charge in [0.15, 0.2) is 0 Å². The topological polar surface area (TPSA) is 26.3 Å². The Balaban J connectivity index is 3.97. The van der Waals surface area contributed by atoms with Crippen molar-refractivity contribution in [2.45, 2.75) is 19.8 Å². The van der Waals surface area contributed by atoms with Gasteiger partial charge in [0.25, 0.3) is 0 Å². The molecule has 2 nitrogen and oxygen atoms in total. The molecule has 0 rings (SSSR count). The summed E-state index contributed by atoms with van der Waals surface area (Å²) in [7, 11) is 0. The lowest BCUT2D eigenvalue weighted by Gasteiger charge is -2.10. The first-order valence-electron chi connectivity index (χ1n) is 4.14. The highest BCUT2D eigenvalue weighted by Gasteiger charge is 2.15. The van der Waals surface area contributed by atoms with Crippen molar-refractivity contribution in [2.24, 2.45) is 5.92 Å². The summed E-state index contributed by atoms with van der Waals surface area (Å²) in [6.07, 6.45) is 4.77. The van der Waals surface area contributed by atoms with Gasteiger partial charge in [0.05, 0.1) is 12.5 Å². The van der Waals surface area contributed by atoms with E-state index in [4.69, 9.17) is 4.74 Å². The quantitative estimate of drug-likeness (QED) is 0.449. The maximum absolute atomic E-state index is 11.2. The molecule has 0 heterocycles. The van der Waals surface area contributed by atoms with Crippen LogP contribution in [0.5, 0.6) is 0 Å². The van der Waals surface area contributed by atoms with Crippen LogP contribution in [0, 0.1) is 5.92 Å². The molecule has 0 aliphatic rings. The van der Waals surface area contributed by atoms with E-state index in [2.05, 4.69) is 13.2 Å². The van der Waals surface area contributed by atoms with Gasteiger partial charge in [-0.3, -0.25) is 4.79 Å². The monoisotopic (exact) mass is 168 g/mol. The van der Waals surface area contributed by atoms with Crippen molar-refractivity contribution in [3.8, 4) is 0 Å². The van der Waals surface area contributed by atoms with E-state index in [9.17, 15) is 4.79 Å². The molecule has 68 valence electrons. The molecule has 0 aromatic heterocycles. The van der Waals surface area contributed by atoms with E-state index >= 15 is 0 Å². The van der Waals surface area contributed by atoms with Gasteiger partial charge in [-0.05, 0) is 19.8 Å². The number of ether oxygens (including phenoxy) is 1. The highest BCUT2D eigenvalue weighted by atomic mass is 16.5. The van der Waals surface area contributed by atoms with Gasteiger partial charge in [0, 0.05) is 0 Å². The summed E-state index contributed by atoms with van der Waals surface area (Å²) in [6, 6.07) is 0. The molecule has 0 atom stereocenters. The molecule has 0 spiro atoms. The second-order valence-corrected chi connectivity index (χ2v) is 2.50. The first kappa shape index (κ1) is 11.0. The van der Waals surface area contributed by atoms with Crippen molar-refractivity contribution in [1.82, 2.24) is 0 Å².